The van der Waals surface area contributed by atoms with E-state index in [9.17, 15) is 0 Å². The van der Waals surface area contributed by atoms with Crippen molar-refractivity contribution in [2.75, 3.05) is 13.2 Å². The maximum absolute atomic E-state index is 5.76. The summed E-state index contributed by atoms with van der Waals surface area (Å²) in [4.78, 5) is 0. The lowest BCUT2D eigenvalue weighted by molar-refractivity contribution is -0.162. The van der Waals surface area contributed by atoms with E-state index in [2.05, 4.69) is 31.2 Å². The Hall–Kier alpha value is -0.600. The van der Waals surface area contributed by atoms with Crippen LogP contribution in [0.5, 0.6) is 0 Å². The van der Waals surface area contributed by atoms with Crippen LogP contribution in [-0.2, 0) is 9.47 Å². The van der Waals surface area contributed by atoms with Crippen molar-refractivity contribution in [3.63, 3.8) is 0 Å². The quantitative estimate of drug-likeness (QED) is 0.148. The van der Waals surface area contributed by atoms with E-state index in [0.717, 1.165) is 26.1 Å². The molecule has 2 heteroatoms. The lowest BCUT2D eigenvalue weighted by Crippen LogP contribution is -2.22. The van der Waals surface area contributed by atoms with Gasteiger partial charge in [0.15, 0.2) is 6.29 Å². The molecule has 1 fully saturated rings. The summed E-state index contributed by atoms with van der Waals surface area (Å²) in [6, 6.07) is 0. The molecule has 0 saturated carbocycles. The van der Waals surface area contributed by atoms with Gasteiger partial charge in [-0.05, 0) is 64.2 Å². The SMILES string of the molecule is CCCCCCCCCCCC/C=C\CC/C=C\CCCCOC1CCCCO1. The molecule has 29 heavy (non-hydrogen) atoms. The van der Waals surface area contributed by atoms with Crippen molar-refractivity contribution in [1.82, 2.24) is 0 Å². The van der Waals surface area contributed by atoms with Gasteiger partial charge in [0.25, 0.3) is 0 Å². The number of rotatable bonds is 20. The molecular formula is C27H50O2. The van der Waals surface area contributed by atoms with E-state index >= 15 is 0 Å². The molecule has 0 aromatic heterocycles. The number of unbranched alkanes of at least 4 members (excludes halogenated alkanes) is 13. The summed E-state index contributed by atoms with van der Waals surface area (Å²) in [7, 11) is 0. The van der Waals surface area contributed by atoms with Gasteiger partial charge < -0.3 is 9.47 Å². The van der Waals surface area contributed by atoms with Crippen LogP contribution in [0.4, 0.5) is 0 Å². The standard InChI is InChI=1S/C27H50O2/c1-2-3-4-5-6-7-8-9-10-11-12-13-14-15-16-17-18-19-20-22-25-28-27-24-21-23-26-29-27/h13-14,17-18,27H,2-12,15-16,19-26H2,1H3/b14-13-,18-17-. The molecule has 0 aromatic carbocycles. The van der Waals surface area contributed by atoms with Crippen LogP contribution in [0, 0.1) is 0 Å². The van der Waals surface area contributed by atoms with Crippen LogP contribution in [0.15, 0.2) is 24.3 Å². The third-order valence-corrected chi connectivity index (χ3v) is 5.76. The molecule has 0 aliphatic carbocycles. The highest BCUT2D eigenvalue weighted by atomic mass is 16.7. The predicted octanol–water partition coefficient (Wildman–Crippen LogP) is 8.90. The Morgan fingerprint density at radius 3 is 1.79 bits per heavy atom. The minimum Gasteiger partial charge on any atom is -0.353 e. The molecule has 1 saturated heterocycles. The Bertz CT molecular complexity index is 369. The zero-order valence-electron chi connectivity index (χ0n) is 19.6. The van der Waals surface area contributed by atoms with E-state index in [1.54, 1.807) is 0 Å². The van der Waals surface area contributed by atoms with Crippen LogP contribution >= 0.6 is 0 Å². The van der Waals surface area contributed by atoms with Crippen LogP contribution in [-0.4, -0.2) is 19.5 Å². The van der Waals surface area contributed by atoms with E-state index in [-0.39, 0.29) is 6.29 Å². The second kappa shape index (κ2) is 22.1. The fraction of sp³-hybridized carbons (Fsp3) is 0.852. The molecule has 1 unspecified atom stereocenters. The van der Waals surface area contributed by atoms with Gasteiger partial charge in [0.05, 0.1) is 0 Å². The van der Waals surface area contributed by atoms with Crippen molar-refractivity contribution in [1.29, 1.82) is 0 Å². The lowest BCUT2D eigenvalue weighted by Gasteiger charge is -2.22. The smallest absolute Gasteiger partial charge is 0.157 e. The second-order valence-corrected chi connectivity index (χ2v) is 8.65. The Morgan fingerprint density at radius 1 is 0.655 bits per heavy atom. The molecule has 1 heterocycles. The highest BCUT2D eigenvalue weighted by Crippen LogP contribution is 2.14. The van der Waals surface area contributed by atoms with E-state index < -0.39 is 0 Å². The molecule has 1 aliphatic heterocycles. The molecule has 1 rings (SSSR count). The topological polar surface area (TPSA) is 18.5 Å². The summed E-state index contributed by atoms with van der Waals surface area (Å²) in [5.41, 5.74) is 0. The number of hydrogen-bond donors (Lipinski definition) is 0. The maximum Gasteiger partial charge on any atom is 0.157 e. The van der Waals surface area contributed by atoms with E-state index in [1.165, 1.54) is 109 Å². The molecule has 0 N–H and O–H groups in total. The Morgan fingerprint density at radius 2 is 1.21 bits per heavy atom. The van der Waals surface area contributed by atoms with Gasteiger partial charge in [0, 0.05) is 13.2 Å². The Balaban J connectivity index is 1.73. The molecule has 2 nitrogen and oxygen atoms in total. The van der Waals surface area contributed by atoms with Crippen molar-refractivity contribution in [2.24, 2.45) is 0 Å². The summed E-state index contributed by atoms with van der Waals surface area (Å²) in [5.74, 6) is 0. The lowest BCUT2D eigenvalue weighted by atomic mass is 10.1. The van der Waals surface area contributed by atoms with Gasteiger partial charge >= 0.3 is 0 Å². The Kier molecular flexibility index (Phi) is 20.1. The summed E-state index contributed by atoms with van der Waals surface area (Å²) in [6.07, 6.45) is 34.5. The first-order chi connectivity index (χ1) is 14.4. The molecule has 0 bridgehead atoms. The first kappa shape index (κ1) is 26.4. The van der Waals surface area contributed by atoms with Crippen LogP contribution in [0.1, 0.15) is 129 Å². The van der Waals surface area contributed by atoms with E-state index in [4.69, 9.17) is 9.47 Å². The first-order valence-electron chi connectivity index (χ1n) is 13.0. The normalized spacial score (nSPS) is 17.6. The summed E-state index contributed by atoms with van der Waals surface area (Å²) in [5, 5.41) is 0. The fourth-order valence-electron chi connectivity index (χ4n) is 3.84. The van der Waals surface area contributed by atoms with Crippen LogP contribution in [0.3, 0.4) is 0 Å². The number of hydrogen-bond acceptors (Lipinski definition) is 2. The first-order valence-corrected chi connectivity index (χ1v) is 13.0. The van der Waals surface area contributed by atoms with E-state index in [0.29, 0.717) is 0 Å². The van der Waals surface area contributed by atoms with Crippen LogP contribution in [0.2, 0.25) is 0 Å². The highest BCUT2D eigenvalue weighted by Gasteiger charge is 2.12. The van der Waals surface area contributed by atoms with Gasteiger partial charge in [-0.25, -0.2) is 0 Å². The van der Waals surface area contributed by atoms with Crippen molar-refractivity contribution >= 4 is 0 Å². The number of ether oxygens (including phenoxy) is 2. The van der Waals surface area contributed by atoms with Crippen molar-refractivity contribution in [2.45, 2.75) is 135 Å². The van der Waals surface area contributed by atoms with Crippen LogP contribution < -0.4 is 0 Å². The zero-order chi connectivity index (χ0) is 20.7. The second-order valence-electron chi connectivity index (χ2n) is 8.65. The largest absolute Gasteiger partial charge is 0.353 e. The van der Waals surface area contributed by atoms with Crippen LogP contribution in [0.25, 0.3) is 0 Å². The van der Waals surface area contributed by atoms with Gasteiger partial charge in [-0.3, -0.25) is 0 Å². The summed E-state index contributed by atoms with van der Waals surface area (Å²) < 4.78 is 11.3. The average Bonchev–Trinajstić information content (AvgIpc) is 2.75. The summed E-state index contributed by atoms with van der Waals surface area (Å²) >= 11 is 0. The predicted molar refractivity (Wildman–Crippen MR) is 127 cm³/mol. The molecular weight excluding hydrogens is 356 g/mol. The molecule has 0 aromatic rings. The molecule has 1 atom stereocenters. The van der Waals surface area contributed by atoms with Gasteiger partial charge in [0.1, 0.15) is 0 Å². The molecule has 170 valence electrons. The minimum absolute atomic E-state index is 0.0754. The third-order valence-electron chi connectivity index (χ3n) is 5.76. The van der Waals surface area contributed by atoms with Gasteiger partial charge in [-0.15, -0.1) is 0 Å². The monoisotopic (exact) mass is 406 g/mol. The maximum atomic E-state index is 5.76. The minimum atomic E-state index is 0.0754. The zero-order valence-corrected chi connectivity index (χ0v) is 19.6. The van der Waals surface area contributed by atoms with Gasteiger partial charge in [-0.2, -0.15) is 0 Å². The van der Waals surface area contributed by atoms with Crippen molar-refractivity contribution in [3.8, 4) is 0 Å². The molecule has 0 radical (unpaired) electrons. The van der Waals surface area contributed by atoms with Crippen molar-refractivity contribution in [3.05, 3.63) is 24.3 Å². The van der Waals surface area contributed by atoms with Gasteiger partial charge in [0.2, 0.25) is 0 Å². The van der Waals surface area contributed by atoms with E-state index in [1.807, 2.05) is 0 Å². The van der Waals surface area contributed by atoms with Crippen molar-refractivity contribution < 1.29 is 9.47 Å². The summed E-state index contributed by atoms with van der Waals surface area (Å²) in [6.45, 7) is 4.01. The Labute approximate surface area is 182 Å². The fourth-order valence-corrected chi connectivity index (χ4v) is 3.84. The average molecular weight is 407 g/mol. The highest BCUT2D eigenvalue weighted by molar-refractivity contribution is 4.88. The third kappa shape index (κ3) is 19.1. The number of allylic oxidation sites excluding steroid dienone is 4. The molecule has 1 aliphatic rings. The molecule has 0 spiro atoms. The van der Waals surface area contributed by atoms with Gasteiger partial charge in [-0.1, -0.05) is 89.0 Å². The molecule has 0 amide bonds.